The first kappa shape index (κ1) is 9.64. The smallest absolute Gasteiger partial charge is 0.258 e. The zero-order valence-electron chi connectivity index (χ0n) is 6.53. The van der Waals surface area contributed by atoms with E-state index in [4.69, 9.17) is 23.2 Å². The molecule has 0 N–H and O–H groups in total. The topological polar surface area (TPSA) is 56.0 Å². The molecule has 0 aliphatic heterocycles. The van der Waals surface area contributed by atoms with E-state index in [2.05, 4.69) is 4.98 Å². The molecule has 72 valence electrons. The van der Waals surface area contributed by atoms with Crippen LogP contribution < -0.4 is 0 Å². The maximum atomic E-state index is 10.7. The minimum absolute atomic E-state index is 0.0387. The third-order valence-electron chi connectivity index (χ3n) is 1.67. The van der Waals surface area contributed by atoms with Crippen molar-refractivity contribution < 1.29 is 4.92 Å². The molecule has 4 nitrogen and oxygen atoms in total. The maximum absolute atomic E-state index is 10.7. The average Bonchev–Trinajstić information content (AvgIpc) is 2.51. The molecular weight excluding hydrogens is 247 g/mol. The number of halogens is 2. The summed E-state index contributed by atoms with van der Waals surface area (Å²) in [5.74, 6) is 0. The van der Waals surface area contributed by atoms with Crippen molar-refractivity contribution in [2.45, 2.75) is 0 Å². The lowest BCUT2D eigenvalue weighted by Crippen LogP contribution is -1.89. The van der Waals surface area contributed by atoms with Crippen molar-refractivity contribution in [2.75, 3.05) is 0 Å². The highest BCUT2D eigenvalue weighted by molar-refractivity contribution is 7.17. The van der Waals surface area contributed by atoms with Crippen molar-refractivity contribution in [1.82, 2.24) is 4.98 Å². The van der Waals surface area contributed by atoms with Gasteiger partial charge < -0.3 is 0 Å². The first-order valence-electron chi connectivity index (χ1n) is 3.47. The van der Waals surface area contributed by atoms with Gasteiger partial charge in [-0.25, -0.2) is 4.98 Å². The lowest BCUT2D eigenvalue weighted by Gasteiger charge is -1.97. The molecule has 1 heterocycles. The SMILES string of the molecule is O=[N+]([O-])c1c(Cl)cc(Cl)c2ncsc12. The standard InChI is InChI=1S/C7H2Cl2N2O2S/c8-3-1-4(9)6(11(12)13)7-5(3)10-2-14-7/h1-2H. The van der Waals surface area contributed by atoms with Gasteiger partial charge in [-0.15, -0.1) is 11.3 Å². The van der Waals surface area contributed by atoms with Crippen LogP contribution >= 0.6 is 34.5 Å². The fraction of sp³-hybridized carbons (Fsp3) is 0. The van der Waals surface area contributed by atoms with Crippen LogP contribution in [0.25, 0.3) is 10.2 Å². The van der Waals surface area contributed by atoms with Crippen LogP contribution in [0.2, 0.25) is 10.0 Å². The molecule has 0 fully saturated rings. The Morgan fingerprint density at radius 3 is 2.79 bits per heavy atom. The lowest BCUT2D eigenvalue weighted by molar-refractivity contribution is -0.382. The summed E-state index contributed by atoms with van der Waals surface area (Å²) in [6.45, 7) is 0. The van der Waals surface area contributed by atoms with Gasteiger partial charge in [-0.1, -0.05) is 23.2 Å². The number of hydrogen-bond donors (Lipinski definition) is 0. The average molecular weight is 249 g/mol. The van der Waals surface area contributed by atoms with E-state index in [1.807, 2.05) is 0 Å². The molecule has 0 saturated heterocycles. The molecule has 0 atom stereocenters. The number of thiazole rings is 1. The zero-order valence-corrected chi connectivity index (χ0v) is 8.86. The van der Waals surface area contributed by atoms with E-state index in [0.717, 1.165) is 11.3 Å². The van der Waals surface area contributed by atoms with Crippen molar-refractivity contribution in [1.29, 1.82) is 0 Å². The number of rotatable bonds is 1. The third kappa shape index (κ3) is 1.33. The predicted octanol–water partition coefficient (Wildman–Crippen LogP) is 3.51. The van der Waals surface area contributed by atoms with E-state index < -0.39 is 4.92 Å². The fourth-order valence-corrected chi connectivity index (χ4v) is 2.64. The molecular formula is C7H2Cl2N2O2S. The van der Waals surface area contributed by atoms with Crippen molar-refractivity contribution in [2.24, 2.45) is 0 Å². The number of fused-ring (bicyclic) bond motifs is 1. The normalized spacial score (nSPS) is 10.7. The van der Waals surface area contributed by atoms with Gasteiger partial charge in [0.25, 0.3) is 0 Å². The molecule has 0 amide bonds. The summed E-state index contributed by atoms with van der Waals surface area (Å²) in [4.78, 5) is 14.1. The van der Waals surface area contributed by atoms with E-state index in [-0.39, 0.29) is 10.7 Å². The Hall–Kier alpha value is -0.910. The minimum atomic E-state index is -0.529. The van der Waals surface area contributed by atoms with Crippen LogP contribution in [-0.2, 0) is 0 Å². The molecule has 1 aromatic carbocycles. The van der Waals surface area contributed by atoms with Crippen LogP contribution in [0.3, 0.4) is 0 Å². The second-order valence-corrected chi connectivity index (χ2v) is 4.15. The number of nitro groups is 1. The van der Waals surface area contributed by atoms with Crippen molar-refractivity contribution in [3.05, 3.63) is 31.7 Å². The molecule has 7 heteroatoms. The van der Waals surface area contributed by atoms with E-state index in [0.29, 0.717) is 15.2 Å². The van der Waals surface area contributed by atoms with Gasteiger partial charge >= 0.3 is 5.69 Å². The largest absolute Gasteiger partial charge is 0.307 e. The summed E-state index contributed by atoms with van der Waals surface area (Å²) in [5, 5.41) is 11.1. The highest BCUT2D eigenvalue weighted by Crippen LogP contribution is 2.39. The highest BCUT2D eigenvalue weighted by atomic mass is 35.5. The van der Waals surface area contributed by atoms with Gasteiger partial charge in [0, 0.05) is 0 Å². The van der Waals surface area contributed by atoms with Crippen molar-refractivity contribution in [3.63, 3.8) is 0 Å². The summed E-state index contributed by atoms with van der Waals surface area (Å²) < 4.78 is 0.410. The fourth-order valence-electron chi connectivity index (χ4n) is 1.11. The van der Waals surface area contributed by atoms with Crippen molar-refractivity contribution >= 4 is 50.4 Å². The number of nitrogens with zero attached hydrogens (tertiary/aromatic N) is 2. The monoisotopic (exact) mass is 248 g/mol. The molecule has 1 aromatic heterocycles. The summed E-state index contributed by atoms with van der Waals surface area (Å²) in [7, 11) is 0. The second-order valence-electron chi connectivity index (χ2n) is 2.48. The molecule has 0 unspecified atom stereocenters. The predicted molar refractivity (Wildman–Crippen MR) is 56.3 cm³/mol. The quantitative estimate of drug-likeness (QED) is 0.573. The summed E-state index contributed by atoms with van der Waals surface area (Å²) in [5.41, 5.74) is 1.79. The Bertz CT molecular complexity index is 526. The first-order valence-corrected chi connectivity index (χ1v) is 5.10. The summed E-state index contributed by atoms with van der Waals surface area (Å²) in [6, 6.07) is 1.34. The highest BCUT2D eigenvalue weighted by Gasteiger charge is 2.21. The van der Waals surface area contributed by atoms with Crippen LogP contribution in [-0.4, -0.2) is 9.91 Å². The lowest BCUT2D eigenvalue weighted by atomic mass is 10.3. The van der Waals surface area contributed by atoms with Crippen LogP contribution in [0, 0.1) is 10.1 Å². The Labute approximate surface area is 92.2 Å². The molecule has 0 saturated carbocycles. The van der Waals surface area contributed by atoms with E-state index in [1.54, 1.807) is 0 Å². The van der Waals surface area contributed by atoms with Gasteiger partial charge in [0.15, 0.2) is 0 Å². The molecule has 2 rings (SSSR count). The molecule has 0 aliphatic rings. The minimum Gasteiger partial charge on any atom is -0.258 e. The van der Waals surface area contributed by atoms with Gasteiger partial charge in [-0.05, 0) is 6.07 Å². The number of benzene rings is 1. The van der Waals surface area contributed by atoms with Crippen LogP contribution in [0.5, 0.6) is 0 Å². The molecule has 0 bridgehead atoms. The maximum Gasteiger partial charge on any atom is 0.307 e. The number of aromatic nitrogens is 1. The first-order chi connectivity index (χ1) is 6.61. The molecule has 0 radical (unpaired) electrons. The second kappa shape index (κ2) is 3.34. The molecule has 2 aromatic rings. The van der Waals surface area contributed by atoms with Gasteiger partial charge in [0.2, 0.25) is 0 Å². The van der Waals surface area contributed by atoms with E-state index >= 15 is 0 Å². The number of nitro benzene ring substituents is 1. The molecule has 0 spiro atoms. The Kier molecular flexibility index (Phi) is 2.30. The van der Waals surface area contributed by atoms with E-state index in [1.165, 1.54) is 11.6 Å². The summed E-state index contributed by atoms with van der Waals surface area (Å²) in [6.07, 6.45) is 0. The van der Waals surface area contributed by atoms with Gasteiger partial charge in [0.05, 0.1) is 15.5 Å². The van der Waals surface area contributed by atoms with Gasteiger partial charge in [0.1, 0.15) is 15.2 Å². The van der Waals surface area contributed by atoms with Crippen LogP contribution in [0.1, 0.15) is 0 Å². The van der Waals surface area contributed by atoms with Crippen LogP contribution in [0.4, 0.5) is 5.69 Å². The Morgan fingerprint density at radius 1 is 1.43 bits per heavy atom. The van der Waals surface area contributed by atoms with Gasteiger partial charge in [-0.3, -0.25) is 10.1 Å². The summed E-state index contributed by atoms with van der Waals surface area (Å²) >= 11 is 12.7. The Morgan fingerprint density at radius 2 is 2.14 bits per heavy atom. The third-order valence-corrected chi connectivity index (χ3v) is 3.08. The van der Waals surface area contributed by atoms with Gasteiger partial charge in [-0.2, -0.15) is 0 Å². The Balaban J connectivity index is 2.93. The van der Waals surface area contributed by atoms with Crippen LogP contribution in [0.15, 0.2) is 11.6 Å². The van der Waals surface area contributed by atoms with E-state index in [9.17, 15) is 10.1 Å². The number of hydrogen-bond acceptors (Lipinski definition) is 4. The molecule has 0 aliphatic carbocycles. The molecule has 14 heavy (non-hydrogen) atoms. The zero-order chi connectivity index (χ0) is 10.3. The van der Waals surface area contributed by atoms with Crippen molar-refractivity contribution in [3.8, 4) is 0 Å².